The first kappa shape index (κ1) is 16.4. The maximum Gasteiger partial charge on any atom is 0.254 e. The van der Waals surface area contributed by atoms with Gasteiger partial charge in [0, 0.05) is 29.9 Å². The second-order valence-electron chi connectivity index (χ2n) is 7.17. The molecule has 0 aliphatic carbocycles. The van der Waals surface area contributed by atoms with Crippen LogP contribution in [-0.4, -0.2) is 28.4 Å². The summed E-state index contributed by atoms with van der Waals surface area (Å²) in [5.41, 5.74) is 3.83. The molecule has 124 valence electrons. The number of hydrogen-bond acceptors (Lipinski definition) is 2. The highest BCUT2D eigenvalue weighted by molar-refractivity contribution is 5.95. The molecule has 0 N–H and O–H groups in total. The molecule has 1 fully saturated rings. The summed E-state index contributed by atoms with van der Waals surface area (Å²) in [5, 5.41) is 0. The van der Waals surface area contributed by atoms with E-state index in [0.29, 0.717) is 0 Å². The van der Waals surface area contributed by atoms with Crippen LogP contribution in [0.4, 0.5) is 0 Å². The molecule has 0 unspecified atom stereocenters. The molecule has 3 rings (SSSR count). The van der Waals surface area contributed by atoms with Crippen LogP contribution < -0.4 is 0 Å². The number of hydrogen-bond donors (Lipinski definition) is 0. The standard InChI is InChI=1S/C21H24N2O/c1-5-16-6-11-19(22-14-16)17-7-9-18(10-8-17)20(24)23-13-12-21(3,4)15(23)2/h5-11,14-15H,1,12-13H2,2-4H3/t15-/m0/s1. The lowest BCUT2D eigenvalue weighted by molar-refractivity contribution is 0.0706. The maximum atomic E-state index is 12.8. The van der Waals surface area contributed by atoms with Gasteiger partial charge in [-0.05, 0) is 42.5 Å². The molecule has 0 radical (unpaired) electrons. The van der Waals surface area contributed by atoms with E-state index in [-0.39, 0.29) is 17.4 Å². The maximum absolute atomic E-state index is 12.8. The number of rotatable bonds is 3. The number of pyridine rings is 1. The predicted molar refractivity (Wildman–Crippen MR) is 98.7 cm³/mol. The van der Waals surface area contributed by atoms with Crippen molar-refractivity contribution in [2.24, 2.45) is 5.41 Å². The highest BCUT2D eigenvalue weighted by Crippen LogP contribution is 2.36. The summed E-state index contributed by atoms with van der Waals surface area (Å²) in [7, 11) is 0. The van der Waals surface area contributed by atoms with Gasteiger partial charge in [0.05, 0.1) is 5.69 Å². The van der Waals surface area contributed by atoms with Crippen LogP contribution in [-0.2, 0) is 0 Å². The Hall–Kier alpha value is -2.42. The van der Waals surface area contributed by atoms with Crippen LogP contribution >= 0.6 is 0 Å². The number of carbonyl (C=O) groups excluding carboxylic acids is 1. The van der Waals surface area contributed by atoms with Crippen LogP contribution in [0.3, 0.4) is 0 Å². The van der Waals surface area contributed by atoms with Gasteiger partial charge >= 0.3 is 0 Å². The summed E-state index contributed by atoms with van der Waals surface area (Å²) in [6, 6.07) is 12.0. The lowest BCUT2D eigenvalue weighted by atomic mass is 9.86. The van der Waals surface area contributed by atoms with E-state index in [4.69, 9.17) is 0 Å². The van der Waals surface area contributed by atoms with Crippen molar-refractivity contribution in [2.45, 2.75) is 33.2 Å². The van der Waals surface area contributed by atoms with Crippen molar-refractivity contribution in [2.75, 3.05) is 6.54 Å². The van der Waals surface area contributed by atoms with Crippen LogP contribution in [0, 0.1) is 5.41 Å². The molecule has 0 bridgehead atoms. The Morgan fingerprint density at radius 2 is 1.96 bits per heavy atom. The molecule has 1 saturated heterocycles. The van der Waals surface area contributed by atoms with Gasteiger partial charge < -0.3 is 4.90 Å². The van der Waals surface area contributed by atoms with Gasteiger partial charge in [-0.25, -0.2) is 0 Å². The van der Waals surface area contributed by atoms with E-state index in [2.05, 4.69) is 32.3 Å². The van der Waals surface area contributed by atoms with Gasteiger partial charge in [0.25, 0.3) is 5.91 Å². The molecule has 0 saturated carbocycles. The zero-order chi connectivity index (χ0) is 17.3. The van der Waals surface area contributed by atoms with Crippen LogP contribution in [0.5, 0.6) is 0 Å². The Morgan fingerprint density at radius 3 is 2.46 bits per heavy atom. The van der Waals surface area contributed by atoms with Gasteiger partial charge in [-0.15, -0.1) is 0 Å². The van der Waals surface area contributed by atoms with Gasteiger partial charge in [-0.1, -0.05) is 44.7 Å². The molecule has 3 heteroatoms. The van der Waals surface area contributed by atoms with Gasteiger partial charge in [-0.2, -0.15) is 0 Å². The van der Waals surface area contributed by atoms with Crippen LogP contribution in [0.1, 0.15) is 43.1 Å². The Morgan fingerprint density at radius 1 is 1.25 bits per heavy atom. The minimum atomic E-state index is 0.120. The fraction of sp³-hybridized carbons (Fsp3) is 0.333. The lowest BCUT2D eigenvalue weighted by Crippen LogP contribution is -2.38. The SMILES string of the molecule is C=Cc1ccc(-c2ccc(C(=O)N3CCC(C)(C)[C@@H]3C)cc2)nc1. The zero-order valence-corrected chi connectivity index (χ0v) is 14.6. The average Bonchev–Trinajstić information content (AvgIpc) is 2.88. The minimum Gasteiger partial charge on any atom is -0.335 e. The Bertz CT molecular complexity index is 744. The largest absolute Gasteiger partial charge is 0.335 e. The number of amides is 1. The number of likely N-dealkylation sites (tertiary alicyclic amines) is 1. The molecule has 1 aromatic heterocycles. The monoisotopic (exact) mass is 320 g/mol. The van der Waals surface area contributed by atoms with Crippen LogP contribution in [0.15, 0.2) is 49.2 Å². The fourth-order valence-corrected chi connectivity index (χ4v) is 3.16. The number of aromatic nitrogens is 1. The first-order chi connectivity index (χ1) is 11.4. The molecule has 24 heavy (non-hydrogen) atoms. The minimum absolute atomic E-state index is 0.120. The molecule has 1 atom stereocenters. The quantitative estimate of drug-likeness (QED) is 0.824. The highest BCUT2D eigenvalue weighted by Gasteiger charge is 2.39. The summed E-state index contributed by atoms with van der Waals surface area (Å²) < 4.78 is 0. The Labute approximate surface area is 144 Å². The van der Waals surface area contributed by atoms with Gasteiger partial charge in [0.15, 0.2) is 0 Å². The second-order valence-corrected chi connectivity index (χ2v) is 7.17. The first-order valence-corrected chi connectivity index (χ1v) is 8.42. The molecular formula is C21H24N2O. The van der Waals surface area contributed by atoms with E-state index >= 15 is 0 Å². The normalized spacial score (nSPS) is 19.3. The molecule has 2 aromatic rings. The molecule has 1 aromatic carbocycles. The third-order valence-electron chi connectivity index (χ3n) is 5.31. The molecule has 0 spiro atoms. The van der Waals surface area contributed by atoms with Crippen molar-refractivity contribution in [3.05, 3.63) is 60.3 Å². The summed E-state index contributed by atoms with van der Waals surface area (Å²) >= 11 is 0. The van der Waals surface area contributed by atoms with Crippen molar-refractivity contribution >= 4 is 12.0 Å². The van der Waals surface area contributed by atoms with Gasteiger partial charge in [0.1, 0.15) is 0 Å². The third kappa shape index (κ3) is 2.99. The average molecular weight is 320 g/mol. The van der Waals surface area contributed by atoms with E-state index in [9.17, 15) is 4.79 Å². The summed E-state index contributed by atoms with van der Waals surface area (Å²) in [4.78, 5) is 19.2. The summed E-state index contributed by atoms with van der Waals surface area (Å²) in [5.74, 6) is 0.120. The van der Waals surface area contributed by atoms with Crippen molar-refractivity contribution in [1.29, 1.82) is 0 Å². The summed E-state index contributed by atoms with van der Waals surface area (Å²) in [6.07, 6.45) is 4.63. The molecule has 3 nitrogen and oxygen atoms in total. The van der Waals surface area contributed by atoms with Crippen LogP contribution in [0.25, 0.3) is 17.3 Å². The highest BCUT2D eigenvalue weighted by atomic mass is 16.2. The predicted octanol–water partition coefficient (Wildman–Crippen LogP) is 4.65. The molecule has 1 aliphatic rings. The molecule has 2 heterocycles. The topological polar surface area (TPSA) is 33.2 Å². The van der Waals surface area contributed by atoms with Crippen molar-refractivity contribution in [3.63, 3.8) is 0 Å². The van der Waals surface area contributed by atoms with Crippen LogP contribution in [0.2, 0.25) is 0 Å². The van der Waals surface area contributed by atoms with Crippen molar-refractivity contribution in [3.8, 4) is 11.3 Å². The molecule has 1 amide bonds. The van der Waals surface area contributed by atoms with E-state index in [1.807, 2.05) is 41.3 Å². The Balaban J connectivity index is 1.79. The molecule has 1 aliphatic heterocycles. The lowest BCUT2D eigenvalue weighted by Gasteiger charge is -2.29. The Kier molecular flexibility index (Phi) is 4.27. The van der Waals surface area contributed by atoms with Gasteiger partial charge in [-0.3, -0.25) is 9.78 Å². The fourth-order valence-electron chi connectivity index (χ4n) is 3.16. The number of benzene rings is 1. The van der Waals surface area contributed by atoms with E-state index < -0.39 is 0 Å². The summed E-state index contributed by atoms with van der Waals surface area (Å²) in [6.45, 7) is 11.2. The van der Waals surface area contributed by atoms with Crippen molar-refractivity contribution in [1.82, 2.24) is 9.88 Å². The zero-order valence-electron chi connectivity index (χ0n) is 14.6. The smallest absolute Gasteiger partial charge is 0.254 e. The molecular weight excluding hydrogens is 296 g/mol. The third-order valence-corrected chi connectivity index (χ3v) is 5.31. The van der Waals surface area contributed by atoms with E-state index in [0.717, 1.165) is 35.3 Å². The van der Waals surface area contributed by atoms with E-state index in [1.54, 1.807) is 12.3 Å². The second kappa shape index (κ2) is 6.23. The van der Waals surface area contributed by atoms with Crippen molar-refractivity contribution < 1.29 is 4.79 Å². The number of nitrogens with zero attached hydrogens (tertiary/aromatic N) is 2. The number of carbonyl (C=O) groups is 1. The first-order valence-electron chi connectivity index (χ1n) is 8.42. The van der Waals surface area contributed by atoms with E-state index in [1.165, 1.54) is 0 Å². The van der Waals surface area contributed by atoms with Gasteiger partial charge in [0.2, 0.25) is 0 Å².